The van der Waals surface area contributed by atoms with Gasteiger partial charge in [-0.1, -0.05) is 12.1 Å². The van der Waals surface area contributed by atoms with Gasteiger partial charge in [-0.25, -0.2) is 12.8 Å². The van der Waals surface area contributed by atoms with Crippen LogP contribution in [-0.2, 0) is 14.8 Å². The number of ether oxygens (including phenoxy) is 1. The molecule has 3 rings (SSSR count). The van der Waals surface area contributed by atoms with E-state index in [-0.39, 0.29) is 29.2 Å². The van der Waals surface area contributed by atoms with Crippen molar-refractivity contribution in [3.63, 3.8) is 0 Å². The molecule has 1 N–H and O–H groups in total. The van der Waals surface area contributed by atoms with Gasteiger partial charge in [0.1, 0.15) is 11.6 Å². The quantitative estimate of drug-likeness (QED) is 0.699. The van der Waals surface area contributed by atoms with Crippen LogP contribution in [0.5, 0.6) is 5.75 Å². The second kappa shape index (κ2) is 9.78. The van der Waals surface area contributed by atoms with E-state index in [1.54, 1.807) is 30.3 Å². The lowest BCUT2D eigenvalue weighted by Crippen LogP contribution is -2.45. The van der Waals surface area contributed by atoms with Gasteiger partial charge in [-0.2, -0.15) is 4.31 Å². The van der Waals surface area contributed by atoms with Gasteiger partial charge < -0.3 is 10.1 Å². The van der Waals surface area contributed by atoms with Crippen LogP contribution < -0.4 is 10.1 Å². The molecule has 1 amide bonds. The molecule has 0 bridgehead atoms. The molecule has 8 heteroatoms. The fourth-order valence-electron chi connectivity index (χ4n) is 3.79. The molecule has 0 radical (unpaired) electrons. The highest BCUT2D eigenvalue weighted by atomic mass is 32.2. The number of nitrogens with one attached hydrogen (secondary N) is 1. The largest absolute Gasteiger partial charge is 0.494 e. The van der Waals surface area contributed by atoms with Crippen LogP contribution in [0.4, 0.5) is 4.39 Å². The van der Waals surface area contributed by atoms with Crippen LogP contribution in [0.15, 0.2) is 47.4 Å². The average Bonchev–Trinajstić information content (AvgIpc) is 2.75. The summed E-state index contributed by atoms with van der Waals surface area (Å²) in [6, 6.07) is 10.5. The number of amides is 1. The van der Waals surface area contributed by atoms with E-state index in [0.29, 0.717) is 31.7 Å². The van der Waals surface area contributed by atoms with Crippen LogP contribution in [0.1, 0.15) is 43.9 Å². The van der Waals surface area contributed by atoms with E-state index in [1.165, 1.54) is 16.4 Å². The minimum atomic E-state index is -3.71. The zero-order valence-corrected chi connectivity index (χ0v) is 18.9. The number of hydrogen-bond donors (Lipinski definition) is 1. The van der Waals surface area contributed by atoms with E-state index in [1.807, 2.05) is 20.8 Å². The Hall–Kier alpha value is -2.45. The molecule has 1 saturated heterocycles. The molecule has 1 aliphatic heterocycles. The van der Waals surface area contributed by atoms with Crippen molar-refractivity contribution in [2.24, 2.45) is 5.92 Å². The van der Waals surface area contributed by atoms with Gasteiger partial charge in [0.15, 0.2) is 0 Å². The monoisotopic (exact) mass is 448 g/mol. The molecular weight excluding hydrogens is 419 g/mol. The fourth-order valence-corrected chi connectivity index (χ4v) is 5.40. The van der Waals surface area contributed by atoms with E-state index in [0.717, 1.165) is 11.1 Å². The smallest absolute Gasteiger partial charge is 0.243 e. The van der Waals surface area contributed by atoms with Gasteiger partial charge in [0.2, 0.25) is 15.9 Å². The first kappa shape index (κ1) is 23.2. The molecule has 2 atom stereocenters. The predicted molar refractivity (Wildman–Crippen MR) is 117 cm³/mol. The first-order valence-electron chi connectivity index (χ1n) is 10.5. The van der Waals surface area contributed by atoms with Gasteiger partial charge in [0.25, 0.3) is 0 Å². The van der Waals surface area contributed by atoms with Crippen LogP contribution >= 0.6 is 0 Å². The SMILES string of the molecule is CCOc1ccc(S(=O)(=O)N2CCC[C@H](C(=O)N[C@H](C)c3ccc(F)cc3)C2)cc1C. The number of sulfonamides is 1. The fraction of sp³-hybridized carbons (Fsp3) is 0.435. The third-order valence-corrected chi connectivity index (χ3v) is 7.43. The summed E-state index contributed by atoms with van der Waals surface area (Å²) in [5.74, 6) is -0.304. The summed E-state index contributed by atoms with van der Waals surface area (Å²) >= 11 is 0. The Kier molecular flexibility index (Phi) is 7.33. The molecule has 168 valence electrons. The Morgan fingerprint density at radius 1 is 1.26 bits per heavy atom. The van der Waals surface area contributed by atoms with Gasteiger partial charge in [-0.3, -0.25) is 4.79 Å². The molecular formula is C23H29FN2O4S. The van der Waals surface area contributed by atoms with Gasteiger partial charge in [-0.15, -0.1) is 0 Å². The Morgan fingerprint density at radius 2 is 1.97 bits per heavy atom. The Bertz CT molecular complexity index is 1020. The van der Waals surface area contributed by atoms with Crippen LogP contribution in [0.25, 0.3) is 0 Å². The van der Waals surface area contributed by atoms with Crippen molar-refractivity contribution >= 4 is 15.9 Å². The zero-order valence-electron chi connectivity index (χ0n) is 18.1. The summed E-state index contributed by atoms with van der Waals surface area (Å²) in [4.78, 5) is 13.0. The predicted octanol–water partition coefficient (Wildman–Crippen LogP) is 3.81. The molecule has 2 aromatic rings. The van der Waals surface area contributed by atoms with E-state index in [9.17, 15) is 17.6 Å². The molecule has 1 fully saturated rings. The summed E-state index contributed by atoms with van der Waals surface area (Å²) in [5.41, 5.74) is 1.54. The van der Waals surface area contributed by atoms with Gasteiger partial charge in [0, 0.05) is 13.1 Å². The molecule has 2 aromatic carbocycles. The van der Waals surface area contributed by atoms with Crippen molar-refractivity contribution in [1.29, 1.82) is 0 Å². The Labute approximate surface area is 183 Å². The number of aryl methyl sites for hydroxylation is 1. The first-order chi connectivity index (χ1) is 14.7. The molecule has 0 saturated carbocycles. The second-order valence-electron chi connectivity index (χ2n) is 7.84. The number of piperidine rings is 1. The number of rotatable bonds is 7. The third kappa shape index (κ3) is 5.43. The first-order valence-corrected chi connectivity index (χ1v) is 12.0. The lowest BCUT2D eigenvalue weighted by molar-refractivity contribution is -0.126. The topological polar surface area (TPSA) is 75.7 Å². The number of carbonyl (C=O) groups is 1. The maximum absolute atomic E-state index is 13.2. The lowest BCUT2D eigenvalue weighted by atomic mass is 9.98. The highest BCUT2D eigenvalue weighted by Gasteiger charge is 2.34. The summed E-state index contributed by atoms with van der Waals surface area (Å²) in [7, 11) is -3.71. The standard InChI is InChI=1S/C23H29FN2O4S/c1-4-30-22-12-11-21(14-16(22)2)31(28,29)26-13-5-6-19(15-26)23(27)25-17(3)18-7-9-20(24)10-8-18/h7-12,14,17,19H,4-6,13,15H2,1-3H3,(H,25,27)/t17-,19+/m1/s1. The maximum atomic E-state index is 13.2. The van der Waals surface area contributed by atoms with E-state index < -0.39 is 15.9 Å². The zero-order chi connectivity index (χ0) is 22.6. The van der Waals surface area contributed by atoms with E-state index >= 15 is 0 Å². The van der Waals surface area contributed by atoms with E-state index in [4.69, 9.17) is 4.74 Å². The summed E-state index contributed by atoms with van der Waals surface area (Å²) < 4.78 is 46.4. The van der Waals surface area contributed by atoms with Crippen LogP contribution in [0, 0.1) is 18.7 Å². The van der Waals surface area contributed by atoms with Crippen molar-refractivity contribution in [1.82, 2.24) is 9.62 Å². The van der Waals surface area contributed by atoms with Crippen LogP contribution in [-0.4, -0.2) is 38.3 Å². The normalized spacial score (nSPS) is 18.4. The summed E-state index contributed by atoms with van der Waals surface area (Å²) in [6.07, 6.45) is 1.23. The van der Waals surface area contributed by atoms with Crippen molar-refractivity contribution < 1.29 is 22.3 Å². The molecule has 0 unspecified atom stereocenters. The van der Waals surface area contributed by atoms with Gasteiger partial charge >= 0.3 is 0 Å². The molecule has 1 aliphatic rings. The molecule has 31 heavy (non-hydrogen) atoms. The van der Waals surface area contributed by atoms with Crippen molar-refractivity contribution in [2.45, 2.75) is 44.6 Å². The van der Waals surface area contributed by atoms with Crippen molar-refractivity contribution in [3.05, 3.63) is 59.4 Å². The van der Waals surface area contributed by atoms with Crippen molar-refractivity contribution in [2.75, 3.05) is 19.7 Å². The van der Waals surface area contributed by atoms with Gasteiger partial charge in [-0.05, 0) is 75.1 Å². The lowest BCUT2D eigenvalue weighted by Gasteiger charge is -2.32. The number of nitrogens with zero attached hydrogens (tertiary/aromatic N) is 1. The van der Waals surface area contributed by atoms with Crippen LogP contribution in [0.3, 0.4) is 0 Å². The number of carbonyl (C=O) groups excluding carboxylic acids is 1. The molecule has 6 nitrogen and oxygen atoms in total. The van der Waals surface area contributed by atoms with Crippen molar-refractivity contribution in [3.8, 4) is 5.75 Å². The second-order valence-corrected chi connectivity index (χ2v) is 9.78. The minimum Gasteiger partial charge on any atom is -0.494 e. The Morgan fingerprint density at radius 3 is 2.61 bits per heavy atom. The van der Waals surface area contributed by atoms with E-state index in [2.05, 4.69) is 5.32 Å². The minimum absolute atomic E-state index is 0.135. The summed E-state index contributed by atoms with van der Waals surface area (Å²) in [5, 5.41) is 2.93. The van der Waals surface area contributed by atoms with Crippen LogP contribution in [0.2, 0.25) is 0 Å². The molecule has 0 spiro atoms. The number of benzene rings is 2. The highest BCUT2D eigenvalue weighted by molar-refractivity contribution is 7.89. The number of hydrogen-bond acceptors (Lipinski definition) is 4. The highest BCUT2D eigenvalue weighted by Crippen LogP contribution is 2.28. The summed E-state index contributed by atoms with van der Waals surface area (Å²) in [6.45, 7) is 6.53. The maximum Gasteiger partial charge on any atom is 0.243 e. The molecule has 0 aromatic heterocycles. The average molecular weight is 449 g/mol. The van der Waals surface area contributed by atoms with Gasteiger partial charge in [0.05, 0.1) is 23.5 Å². The third-order valence-electron chi connectivity index (χ3n) is 5.57. The molecule has 0 aliphatic carbocycles. The number of halogens is 1. The Balaban J connectivity index is 1.69. The molecule has 1 heterocycles.